The highest BCUT2D eigenvalue weighted by Gasteiger charge is 2.68. The van der Waals surface area contributed by atoms with Crippen LogP contribution in [0.1, 0.15) is 39.5 Å². The molecule has 2 bridgehead atoms. The molecule has 4 heteroatoms. The van der Waals surface area contributed by atoms with Gasteiger partial charge in [0.05, 0.1) is 10.4 Å². The van der Waals surface area contributed by atoms with Gasteiger partial charge in [0.15, 0.2) is 0 Å². The van der Waals surface area contributed by atoms with Crippen molar-refractivity contribution in [2.75, 3.05) is 0 Å². The Bertz CT molecular complexity index is 318. The van der Waals surface area contributed by atoms with Crippen molar-refractivity contribution in [1.29, 1.82) is 0 Å². The molecule has 2 fully saturated rings. The number of carbonyl (C=O) groups excluding carboxylic acids is 1. The summed E-state index contributed by atoms with van der Waals surface area (Å²) in [5.74, 6) is -0.256. The van der Waals surface area contributed by atoms with Gasteiger partial charge in [0.2, 0.25) is 5.91 Å². The molecule has 0 aromatic heterocycles. The summed E-state index contributed by atoms with van der Waals surface area (Å²) in [5.41, 5.74) is 4.98. The maximum Gasteiger partial charge on any atom is 0.217 e. The van der Waals surface area contributed by atoms with Gasteiger partial charge in [0.1, 0.15) is 0 Å². The number of primary amides is 1. The van der Waals surface area contributed by atoms with Crippen molar-refractivity contribution < 1.29 is 9.90 Å². The summed E-state index contributed by atoms with van der Waals surface area (Å²) in [6.07, 6.45) is 2.77. The molecule has 3 nitrogen and oxygen atoms in total. The number of hydrogen-bond donors (Lipinski definition) is 2. The van der Waals surface area contributed by atoms with Gasteiger partial charge in [0.25, 0.3) is 0 Å². The molecular formula is C11H18BrNO2. The number of hydrogen-bond acceptors (Lipinski definition) is 2. The van der Waals surface area contributed by atoms with E-state index in [9.17, 15) is 9.90 Å². The van der Waals surface area contributed by atoms with Gasteiger partial charge in [-0.15, -0.1) is 0 Å². The van der Waals surface area contributed by atoms with E-state index in [1.165, 1.54) is 0 Å². The third-order valence-electron chi connectivity index (χ3n) is 4.70. The highest BCUT2D eigenvalue weighted by molar-refractivity contribution is 9.10. The van der Waals surface area contributed by atoms with Crippen molar-refractivity contribution in [2.45, 2.75) is 50.0 Å². The highest BCUT2D eigenvalue weighted by Crippen LogP contribution is 2.69. The molecule has 0 unspecified atom stereocenters. The number of fused-ring (bicyclic) bond motifs is 2. The van der Waals surface area contributed by atoms with E-state index in [-0.39, 0.29) is 21.1 Å². The zero-order valence-corrected chi connectivity index (χ0v) is 10.8. The van der Waals surface area contributed by atoms with Crippen LogP contribution in [0.25, 0.3) is 0 Å². The van der Waals surface area contributed by atoms with Gasteiger partial charge in [0, 0.05) is 6.42 Å². The average Bonchev–Trinajstić information content (AvgIpc) is 2.48. The van der Waals surface area contributed by atoms with Crippen molar-refractivity contribution in [1.82, 2.24) is 0 Å². The number of halogens is 1. The van der Waals surface area contributed by atoms with Crippen molar-refractivity contribution in [3.63, 3.8) is 0 Å². The van der Waals surface area contributed by atoms with Gasteiger partial charge in [-0.3, -0.25) is 4.79 Å². The van der Waals surface area contributed by atoms with Crippen LogP contribution in [0.4, 0.5) is 0 Å². The van der Waals surface area contributed by atoms with Crippen LogP contribution in [0, 0.1) is 10.8 Å². The number of amides is 1. The summed E-state index contributed by atoms with van der Waals surface area (Å²) in [6, 6.07) is 0. The highest BCUT2D eigenvalue weighted by atomic mass is 79.9. The first-order valence-corrected chi connectivity index (χ1v) is 6.18. The van der Waals surface area contributed by atoms with E-state index in [4.69, 9.17) is 5.73 Å². The largest absolute Gasteiger partial charge is 0.391 e. The van der Waals surface area contributed by atoms with Crippen molar-refractivity contribution in [3.05, 3.63) is 0 Å². The van der Waals surface area contributed by atoms with E-state index in [1.54, 1.807) is 0 Å². The summed E-state index contributed by atoms with van der Waals surface area (Å²) >= 11 is 3.65. The third kappa shape index (κ3) is 1.30. The maximum atomic E-state index is 11.2. The van der Waals surface area contributed by atoms with Crippen LogP contribution in [0.5, 0.6) is 0 Å². The lowest BCUT2D eigenvalue weighted by Crippen LogP contribution is -2.47. The third-order valence-corrected chi connectivity index (χ3v) is 5.82. The van der Waals surface area contributed by atoms with E-state index < -0.39 is 6.10 Å². The monoisotopic (exact) mass is 275 g/mol. The molecule has 2 saturated carbocycles. The molecule has 0 aliphatic heterocycles. The maximum absolute atomic E-state index is 11.2. The van der Waals surface area contributed by atoms with Gasteiger partial charge in [-0.05, 0) is 30.1 Å². The van der Waals surface area contributed by atoms with Crippen LogP contribution in [-0.4, -0.2) is 21.4 Å². The Morgan fingerprint density at radius 1 is 1.53 bits per heavy atom. The number of rotatable bonds is 2. The second-order valence-corrected chi connectivity index (χ2v) is 7.34. The zero-order valence-electron chi connectivity index (χ0n) is 9.22. The van der Waals surface area contributed by atoms with E-state index in [1.807, 2.05) is 13.8 Å². The van der Waals surface area contributed by atoms with Gasteiger partial charge in [-0.1, -0.05) is 29.8 Å². The first-order valence-electron chi connectivity index (χ1n) is 5.39. The number of aliphatic hydroxyl groups excluding tert-OH is 1. The number of aliphatic hydroxyl groups is 1. The van der Waals surface area contributed by atoms with Crippen molar-refractivity contribution in [2.24, 2.45) is 16.6 Å². The molecule has 2 aliphatic carbocycles. The quantitative estimate of drug-likeness (QED) is 0.752. The molecule has 0 spiro atoms. The molecule has 2 aliphatic rings. The van der Waals surface area contributed by atoms with E-state index in [2.05, 4.69) is 15.9 Å². The fourth-order valence-corrected chi connectivity index (χ4v) is 4.93. The minimum Gasteiger partial charge on any atom is -0.391 e. The van der Waals surface area contributed by atoms with Crippen LogP contribution < -0.4 is 5.73 Å². The second kappa shape index (κ2) is 2.98. The van der Waals surface area contributed by atoms with Crippen LogP contribution in [-0.2, 0) is 4.79 Å². The lowest BCUT2D eigenvalue weighted by atomic mass is 9.62. The Labute approximate surface area is 98.5 Å². The molecule has 0 aromatic rings. The SMILES string of the molecule is CC1(C)[C@@H](O)[C@]2(Br)CC[C@]1(CC(N)=O)C2. The Morgan fingerprint density at radius 3 is 2.53 bits per heavy atom. The average molecular weight is 276 g/mol. The van der Waals surface area contributed by atoms with E-state index in [0.29, 0.717) is 6.42 Å². The Balaban J connectivity index is 2.37. The van der Waals surface area contributed by atoms with Crippen LogP contribution >= 0.6 is 15.9 Å². The van der Waals surface area contributed by atoms with Crippen LogP contribution in [0.2, 0.25) is 0 Å². The second-order valence-electron chi connectivity index (χ2n) is 5.76. The normalized spacial score (nSPS) is 47.1. The molecule has 3 N–H and O–H groups in total. The first-order chi connectivity index (χ1) is 6.74. The molecule has 1 amide bonds. The first kappa shape index (κ1) is 11.4. The van der Waals surface area contributed by atoms with Gasteiger partial charge in [-0.2, -0.15) is 0 Å². The van der Waals surface area contributed by atoms with Crippen LogP contribution in [0.3, 0.4) is 0 Å². The summed E-state index contributed by atoms with van der Waals surface area (Å²) in [6.45, 7) is 4.09. The summed E-state index contributed by atoms with van der Waals surface area (Å²) < 4.78 is -0.189. The topological polar surface area (TPSA) is 63.3 Å². The lowest BCUT2D eigenvalue weighted by Gasteiger charge is -2.45. The fourth-order valence-electron chi connectivity index (χ4n) is 3.62. The molecule has 2 rings (SSSR count). The van der Waals surface area contributed by atoms with E-state index >= 15 is 0 Å². The fraction of sp³-hybridized carbons (Fsp3) is 0.909. The van der Waals surface area contributed by atoms with Crippen molar-refractivity contribution in [3.8, 4) is 0 Å². The van der Waals surface area contributed by atoms with Crippen molar-refractivity contribution >= 4 is 21.8 Å². The molecule has 0 saturated heterocycles. The molecule has 0 radical (unpaired) electrons. The number of alkyl halides is 1. The van der Waals surface area contributed by atoms with Gasteiger partial charge >= 0.3 is 0 Å². The minimum atomic E-state index is -0.391. The number of nitrogens with two attached hydrogens (primary N) is 1. The Kier molecular flexibility index (Phi) is 2.26. The molecule has 0 aromatic carbocycles. The molecular weight excluding hydrogens is 258 g/mol. The molecule has 3 atom stereocenters. The lowest BCUT2D eigenvalue weighted by molar-refractivity contribution is -0.123. The molecule has 15 heavy (non-hydrogen) atoms. The summed E-state index contributed by atoms with van der Waals surface area (Å²) in [7, 11) is 0. The van der Waals surface area contributed by atoms with E-state index in [0.717, 1.165) is 19.3 Å². The molecule has 86 valence electrons. The summed E-state index contributed by atoms with van der Waals surface area (Å²) in [5, 5.41) is 10.3. The smallest absolute Gasteiger partial charge is 0.217 e. The minimum absolute atomic E-state index is 0.109. The Morgan fingerprint density at radius 2 is 2.13 bits per heavy atom. The van der Waals surface area contributed by atoms with Gasteiger partial charge < -0.3 is 10.8 Å². The molecule has 0 heterocycles. The summed E-state index contributed by atoms with van der Waals surface area (Å²) in [4.78, 5) is 11.2. The predicted octanol–water partition coefficient (Wildman–Crippen LogP) is 1.57. The zero-order chi connectivity index (χ0) is 11.5. The predicted molar refractivity (Wildman–Crippen MR) is 61.5 cm³/mol. The van der Waals surface area contributed by atoms with Crippen LogP contribution in [0.15, 0.2) is 0 Å². The number of carbonyl (C=O) groups is 1. The van der Waals surface area contributed by atoms with Gasteiger partial charge in [-0.25, -0.2) is 0 Å². The standard InChI is InChI=1S/C11H18BrNO2/c1-9(2)8(15)11(12)4-3-10(9,6-11)5-7(13)14/h8,15H,3-6H2,1-2H3,(H2,13,14)/t8-,10+,11+/m1/s1. The Hall–Kier alpha value is -0.0900.